The summed E-state index contributed by atoms with van der Waals surface area (Å²) in [5.74, 6) is -0.0345. The zero-order valence-electron chi connectivity index (χ0n) is 14.2. The van der Waals surface area contributed by atoms with E-state index in [1.165, 1.54) is 0 Å². The van der Waals surface area contributed by atoms with Crippen LogP contribution < -0.4 is 9.62 Å². The van der Waals surface area contributed by atoms with E-state index in [1.807, 2.05) is 20.8 Å². The largest absolute Gasteiger partial charge is 0.352 e. The van der Waals surface area contributed by atoms with Gasteiger partial charge in [0.2, 0.25) is 15.9 Å². The Kier molecular flexibility index (Phi) is 6.89. The fraction of sp³-hybridized carbons (Fsp3) is 0.562. The van der Waals surface area contributed by atoms with E-state index in [4.69, 9.17) is 11.6 Å². The van der Waals surface area contributed by atoms with Gasteiger partial charge in [0, 0.05) is 11.1 Å². The van der Waals surface area contributed by atoms with Crippen LogP contribution in [-0.2, 0) is 14.8 Å². The molecule has 1 aromatic carbocycles. The second kappa shape index (κ2) is 8.02. The smallest absolute Gasteiger partial charge is 0.244 e. The molecule has 0 bridgehead atoms. The van der Waals surface area contributed by atoms with E-state index in [2.05, 4.69) is 5.32 Å². The Labute approximate surface area is 144 Å². The van der Waals surface area contributed by atoms with Gasteiger partial charge in [0.15, 0.2) is 0 Å². The molecule has 130 valence electrons. The van der Waals surface area contributed by atoms with E-state index in [9.17, 15) is 13.2 Å². The SMILES string of the molecule is CC[C@H](C(=O)N[C@H](C)C(C)C)N(c1ccc(Cl)cc1)S(C)(=O)=O. The molecule has 7 heteroatoms. The van der Waals surface area contributed by atoms with Gasteiger partial charge < -0.3 is 5.32 Å². The van der Waals surface area contributed by atoms with Gasteiger partial charge in [-0.3, -0.25) is 9.10 Å². The van der Waals surface area contributed by atoms with Crippen molar-refractivity contribution in [2.75, 3.05) is 10.6 Å². The Morgan fingerprint density at radius 3 is 2.13 bits per heavy atom. The van der Waals surface area contributed by atoms with E-state index < -0.39 is 16.1 Å². The van der Waals surface area contributed by atoms with E-state index in [-0.39, 0.29) is 17.9 Å². The van der Waals surface area contributed by atoms with Crippen molar-refractivity contribution in [2.45, 2.75) is 46.2 Å². The molecule has 0 aliphatic heterocycles. The van der Waals surface area contributed by atoms with Crippen LogP contribution in [0.15, 0.2) is 24.3 Å². The monoisotopic (exact) mass is 360 g/mol. The van der Waals surface area contributed by atoms with Crippen molar-refractivity contribution in [3.05, 3.63) is 29.3 Å². The maximum atomic E-state index is 12.6. The quantitative estimate of drug-likeness (QED) is 0.812. The van der Waals surface area contributed by atoms with E-state index in [0.29, 0.717) is 17.1 Å². The Morgan fingerprint density at radius 2 is 1.74 bits per heavy atom. The van der Waals surface area contributed by atoms with Crippen LogP contribution in [0.4, 0.5) is 5.69 Å². The molecular weight excluding hydrogens is 336 g/mol. The zero-order chi connectivity index (χ0) is 17.8. The second-order valence-corrected chi connectivity index (χ2v) is 8.30. The Morgan fingerprint density at radius 1 is 1.22 bits per heavy atom. The molecule has 23 heavy (non-hydrogen) atoms. The summed E-state index contributed by atoms with van der Waals surface area (Å²) in [5, 5.41) is 3.40. The molecule has 0 radical (unpaired) electrons. The minimum atomic E-state index is -3.61. The Bertz CT molecular complexity index is 629. The third-order valence-corrected chi connectivity index (χ3v) is 5.21. The lowest BCUT2D eigenvalue weighted by molar-refractivity contribution is -0.123. The first-order valence-electron chi connectivity index (χ1n) is 7.63. The van der Waals surface area contributed by atoms with Crippen molar-refractivity contribution in [3.8, 4) is 0 Å². The number of anilines is 1. The predicted octanol–water partition coefficient (Wildman–Crippen LogP) is 3.05. The van der Waals surface area contributed by atoms with Crippen LogP contribution in [0.25, 0.3) is 0 Å². The van der Waals surface area contributed by atoms with Crippen LogP contribution in [0.2, 0.25) is 5.02 Å². The van der Waals surface area contributed by atoms with Crippen molar-refractivity contribution >= 4 is 33.2 Å². The zero-order valence-corrected chi connectivity index (χ0v) is 15.8. The molecular formula is C16H25ClN2O3S. The number of carbonyl (C=O) groups is 1. The highest BCUT2D eigenvalue weighted by atomic mass is 35.5. The Balaban J connectivity index is 3.18. The van der Waals surface area contributed by atoms with Crippen LogP contribution >= 0.6 is 11.6 Å². The van der Waals surface area contributed by atoms with Crippen molar-refractivity contribution in [1.29, 1.82) is 0 Å². The molecule has 1 aromatic rings. The van der Waals surface area contributed by atoms with Crippen LogP contribution in [0, 0.1) is 5.92 Å². The highest BCUT2D eigenvalue weighted by molar-refractivity contribution is 7.92. The van der Waals surface area contributed by atoms with Crippen molar-refractivity contribution in [3.63, 3.8) is 0 Å². The summed E-state index contributed by atoms with van der Waals surface area (Å²) in [6.07, 6.45) is 1.47. The molecule has 1 rings (SSSR count). The van der Waals surface area contributed by atoms with Gasteiger partial charge in [-0.1, -0.05) is 32.4 Å². The van der Waals surface area contributed by atoms with Gasteiger partial charge in [0.25, 0.3) is 0 Å². The molecule has 0 unspecified atom stereocenters. The van der Waals surface area contributed by atoms with Gasteiger partial charge in [-0.05, 0) is 43.5 Å². The average molecular weight is 361 g/mol. The lowest BCUT2D eigenvalue weighted by atomic mass is 10.1. The van der Waals surface area contributed by atoms with E-state index in [1.54, 1.807) is 31.2 Å². The summed E-state index contributed by atoms with van der Waals surface area (Å²) < 4.78 is 25.7. The van der Waals surface area contributed by atoms with Gasteiger partial charge in [-0.15, -0.1) is 0 Å². The highest BCUT2D eigenvalue weighted by Crippen LogP contribution is 2.24. The Hall–Kier alpha value is -1.27. The molecule has 0 aromatic heterocycles. The summed E-state index contributed by atoms with van der Waals surface area (Å²) in [5.41, 5.74) is 0.427. The molecule has 1 N–H and O–H groups in total. The van der Waals surface area contributed by atoms with Gasteiger partial charge >= 0.3 is 0 Å². The van der Waals surface area contributed by atoms with Gasteiger partial charge in [0.05, 0.1) is 11.9 Å². The highest BCUT2D eigenvalue weighted by Gasteiger charge is 2.32. The molecule has 0 spiro atoms. The summed E-state index contributed by atoms with van der Waals surface area (Å²) in [7, 11) is -3.61. The summed E-state index contributed by atoms with van der Waals surface area (Å²) in [6, 6.07) is 5.58. The number of nitrogens with one attached hydrogen (secondary N) is 1. The molecule has 0 fully saturated rings. The number of carbonyl (C=O) groups excluding carboxylic acids is 1. The van der Waals surface area contributed by atoms with Crippen LogP contribution in [0.5, 0.6) is 0 Å². The number of hydrogen-bond donors (Lipinski definition) is 1. The first kappa shape index (κ1) is 19.8. The maximum absolute atomic E-state index is 12.6. The van der Waals surface area contributed by atoms with Gasteiger partial charge in [-0.2, -0.15) is 0 Å². The molecule has 2 atom stereocenters. The van der Waals surface area contributed by atoms with Crippen LogP contribution in [0.1, 0.15) is 34.1 Å². The number of benzene rings is 1. The minimum Gasteiger partial charge on any atom is -0.352 e. The lowest BCUT2D eigenvalue weighted by Crippen LogP contribution is -2.51. The molecule has 0 saturated carbocycles. The molecule has 0 aliphatic carbocycles. The molecule has 0 saturated heterocycles. The first-order chi connectivity index (χ1) is 10.6. The average Bonchev–Trinajstić information content (AvgIpc) is 2.44. The predicted molar refractivity (Wildman–Crippen MR) is 95.3 cm³/mol. The van der Waals surface area contributed by atoms with Crippen molar-refractivity contribution < 1.29 is 13.2 Å². The number of halogens is 1. The van der Waals surface area contributed by atoms with Crippen molar-refractivity contribution in [2.24, 2.45) is 5.92 Å². The van der Waals surface area contributed by atoms with Gasteiger partial charge in [0.1, 0.15) is 6.04 Å². The minimum absolute atomic E-state index is 0.0387. The fourth-order valence-corrected chi connectivity index (χ4v) is 3.47. The number of nitrogens with zero attached hydrogens (tertiary/aromatic N) is 1. The van der Waals surface area contributed by atoms with Gasteiger partial charge in [-0.25, -0.2) is 8.42 Å². The third kappa shape index (κ3) is 5.39. The number of amides is 1. The second-order valence-electron chi connectivity index (χ2n) is 6.00. The topological polar surface area (TPSA) is 66.5 Å². The summed E-state index contributed by atoms with van der Waals surface area (Å²) in [4.78, 5) is 12.6. The number of sulfonamides is 1. The molecule has 1 amide bonds. The lowest BCUT2D eigenvalue weighted by Gasteiger charge is -2.31. The van der Waals surface area contributed by atoms with Crippen LogP contribution in [0.3, 0.4) is 0 Å². The summed E-state index contributed by atoms with van der Waals surface area (Å²) >= 11 is 5.86. The number of hydrogen-bond acceptors (Lipinski definition) is 3. The first-order valence-corrected chi connectivity index (χ1v) is 9.85. The number of rotatable bonds is 7. The molecule has 0 aliphatic rings. The van der Waals surface area contributed by atoms with Crippen LogP contribution in [-0.4, -0.2) is 32.7 Å². The molecule has 5 nitrogen and oxygen atoms in total. The van der Waals surface area contributed by atoms with E-state index >= 15 is 0 Å². The normalized spacial score (nSPS) is 14.4. The maximum Gasteiger partial charge on any atom is 0.244 e. The standard InChI is InChI=1S/C16H25ClN2O3S/c1-6-15(16(20)18-12(4)11(2)3)19(23(5,21)22)14-9-7-13(17)8-10-14/h7-12,15H,6H2,1-5H3,(H,18,20)/t12-,15-/m1/s1. The third-order valence-electron chi connectivity index (χ3n) is 3.78. The summed E-state index contributed by atoms with van der Waals surface area (Å²) in [6.45, 7) is 7.69. The fourth-order valence-electron chi connectivity index (χ4n) is 2.14. The van der Waals surface area contributed by atoms with Crippen molar-refractivity contribution in [1.82, 2.24) is 5.32 Å². The molecule has 0 heterocycles. The van der Waals surface area contributed by atoms with E-state index in [0.717, 1.165) is 10.6 Å².